The summed E-state index contributed by atoms with van der Waals surface area (Å²) in [6.45, 7) is 10.3. The Labute approximate surface area is 108 Å². The molecule has 2 heteroatoms. The molecule has 1 aliphatic rings. The van der Waals surface area contributed by atoms with Gasteiger partial charge in [0.2, 0.25) is 0 Å². The van der Waals surface area contributed by atoms with E-state index < -0.39 is 0 Å². The van der Waals surface area contributed by atoms with Crippen LogP contribution in [0.2, 0.25) is 0 Å². The fourth-order valence-electron chi connectivity index (χ4n) is 2.89. The van der Waals surface area contributed by atoms with E-state index in [1.807, 2.05) is 0 Å². The Bertz CT molecular complexity index is 219. The van der Waals surface area contributed by atoms with Crippen molar-refractivity contribution in [2.45, 2.75) is 71.9 Å². The normalized spacial score (nSPS) is 28.4. The maximum Gasteiger partial charge on any atom is 0.0118 e. The molecule has 2 N–H and O–H groups in total. The summed E-state index contributed by atoms with van der Waals surface area (Å²) in [5.74, 6) is 0.861. The second-order valence-electron chi connectivity index (χ2n) is 7.07. The zero-order chi connectivity index (χ0) is 13.1. The minimum absolute atomic E-state index is 0.235. The lowest BCUT2D eigenvalue weighted by Crippen LogP contribution is -2.43. The van der Waals surface area contributed by atoms with Gasteiger partial charge in [0.1, 0.15) is 0 Å². The first-order chi connectivity index (χ1) is 7.82. The van der Waals surface area contributed by atoms with Gasteiger partial charge in [-0.2, -0.15) is 0 Å². The molecule has 0 bridgehead atoms. The molecule has 0 radical (unpaired) electrons. The van der Waals surface area contributed by atoms with Gasteiger partial charge in [0, 0.05) is 12.1 Å². The zero-order valence-electron chi connectivity index (χ0n) is 12.5. The van der Waals surface area contributed by atoms with E-state index in [-0.39, 0.29) is 5.41 Å². The average Bonchev–Trinajstić information content (AvgIpc) is 2.24. The van der Waals surface area contributed by atoms with Crippen LogP contribution in [0.15, 0.2) is 0 Å². The molecule has 1 fully saturated rings. The van der Waals surface area contributed by atoms with Crippen LogP contribution in [0.3, 0.4) is 0 Å². The molecule has 0 aromatic heterocycles. The van der Waals surface area contributed by atoms with E-state index in [4.69, 9.17) is 5.73 Å². The number of rotatable bonds is 4. The van der Waals surface area contributed by atoms with E-state index in [1.165, 1.54) is 25.7 Å². The predicted molar refractivity (Wildman–Crippen MR) is 76.1 cm³/mol. The topological polar surface area (TPSA) is 29.3 Å². The van der Waals surface area contributed by atoms with E-state index >= 15 is 0 Å². The molecule has 3 atom stereocenters. The second-order valence-corrected chi connectivity index (χ2v) is 7.07. The summed E-state index contributed by atoms with van der Waals surface area (Å²) in [5, 5.41) is 0. The van der Waals surface area contributed by atoms with Gasteiger partial charge in [0.25, 0.3) is 0 Å². The third-order valence-corrected chi connectivity index (χ3v) is 4.54. The first-order valence-corrected chi connectivity index (χ1v) is 7.28. The van der Waals surface area contributed by atoms with Crippen molar-refractivity contribution in [3.8, 4) is 0 Å². The van der Waals surface area contributed by atoms with Crippen molar-refractivity contribution >= 4 is 0 Å². The van der Waals surface area contributed by atoms with Crippen LogP contribution in [0, 0.1) is 11.3 Å². The Balaban J connectivity index is 2.36. The molecule has 2 nitrogen and oxygen atoms in total. The third-order valence-electron chi connectivity index (χ3n) is 4.54. The molecular weight excluding hydrogens is 208 g/mol. The smallest absolute Gasteiger partial charge is 0.0118 e. The lowest BCUT2D eigenvalue weighted by molar-refractivity contribution is 0.129. The van der Waals surface area contributed by atoms with Crippen molar-refractivity contribution in [1.82, 2.24) is 4.90 Å². The van der Waals surface area contributed by atoms with Crippen LogP contribution in [0.4, 0.5) is 0 Å². The molecule has 1 rings (SSSR count). The number of nitrogens with two attached hydrogens (primary N) is 1. The van der Waals surface area contributed by atoms with Crippen LogP contribution in [0.1, 0.15) is 59.8 Å². The van der Waals surface area contributed by atoms with Gasteiger partial charge < -0.3 is 10.6 Å². The molecule has 3 unspecified atom stereocenters. The summed E-state index contributed by atoms with van der Waals surface area (Å²) in [4.78, 5) is 2.55. The van der Waals surface area contributed by atoms with Gasteiger partial charge in [0.05, 0.1) is 0 Å². The van der Waals surface area contributed by atoms with Gasteiger partial charge in [-0.25, -0.2) is 0 Å². The van der Waals surface area contributed by atoms with Gasteiger partial charge in [-0.3, -0.25) is 0 Å². The summed E-state index contributed by atoms with van der Waals surface area (Å²) in [6, 6.07) is 1.10. The average molecular weight is 240 g/mol. The summed E-state index contributed by atoms with van der Waals surface area (Å²) < 4.78 is 0. The highest BCUT2D eigenvalue weighted by molar-refractivity contribution is 4.82. The molecule has 0 spiro atoms. The molecule has 0 heterocycles. The molecule has 1 aliphatic carbocycles. The third kappa shape index (κ3) is 4.59. The molecule has 0 aromatic rings. The van der Waals surface area contributed by atoms with Crippen LogP contribution in [0.5, 0.6) is 0 Å². The Morgan fingerprint density at radius 2 is 1.82 bits per heavy atom. The second kappa shape index (κ2) is 6.19. The van der Waals surface area contributed by atoms with Crippen LogP contribution in [-0.2, 0) is 0 Å². The summed E-state index contributed by atoms with van der Waals surface area (Å²) in [7, 11) is 2.28. The zero-order valence-corrected chi connectivity index (χ0v) is 12.5. The molecule has 0 aromatic carbocycles. The maximum atomic E-state index is 6.24. The SMILES string of the molecule is CC1CCCCC1N(C)CCC(N)C(C)(C)C. The number of hydrogen-bond donors (Lipinski definition) is 1. The van der Waals surface area contributed by atoms with Gasteiger partial charge in [-0.1, -0.05) is 40.5 Å². The van der Waals surface area contributed by atoms with Crippen molar-refractivity contribution in [1.29, 1.82) is 0 Å². The van der Waals surface area contributed by atoms with Crippen molar-refractivity contribution in [3.05, 3.63) is 0 Å². The lowest BCUT2D eigenvalue weighted by Gasteiger charge is -2.37. The summed E-state index contributed by atoms with van der Waals surface area (Å²) in [6.07, 6.45) is 6.73. The Kier molecular flexibility index (Phi) is 5.46. The van der Waals surface area contributed by atoms with Gasteiger partial charge in [-0.05, 0) is 44.2 Å². The molecular formula is C15H32N2. The number of nitrogens with zero attached hydrogens (tertiary/aromatic N) is 1. The maximum absolute atomic E-state index is 6.24. The monoisotopic (exact) mass is 240 g/mol. The standard InChI is InChI=1S/C15H32N2/c1-12-8-6-7-9-13(12)17(5)11-10-14(16)15(2,3)4/h12-14H,6-11,16H2,1-5H3. The molecule has 0 saturated heterocycles. The molecule has 102 valence electrons. The van der Waals surface area contributed by atoms with Crippen LogP contribution >= 0.6 is 0 Å². The summed E-state index contributed by atoms with van der Waals surface area (Å²) in [5.41, 5.74) is 6.47. The minimum Gasteiger partial charge on any atom is -0.327 e. The van der Waals surface area contributed by atoms with Gasteiger partial charge in [-0.15, -0.1) is 0 Å². The molecule has 0 aliphatic heterocycles. The van der Waals surface area contributed by atoms with Crippen molar-refractivity contribution in [2.75, 3.05) is 13.6 Å². The Morgan fingerprint density at radius 3 is 2.35 bits per heavy atom. The van der Waals surface area contributed by atoms with E-state index in [1.54, 1.807) is 0 Å². The Hall–Kier alpha value is -0.0800. The highest BCUT2D eigenvalue weighted by Crippen LogP contribution is 2.28. The van der Waals surface area contributed by atoms with Crippen molar-refractivity contribution < 1.29 is 0 Å². The fraction of sp³-hybridized carbons (Fsp3) is 1.00. The Morgan fingerprint density at radius 1 is 1.24 bits per heavy atom. The van der Waals surface area contributed by atoms with Crippen molar-refractivity contribution in [2.24, 2.45) is 17.1 Å². The molecule has 1 saturated carbocycles. The van der Waals surface area contributed by atoms with Crippen molar-refractivity contribution in [3.63, 3.8) is 0 Å². The largest absolute Gasteiger partial charge is 0.327 e. The van der Waals surface area contributed by atoms with Crippen LogP contribution in [0.25, 0.3) is 0 Å². The first-order valence-electron chi connectivity index (χ1n) is 7.28. The highest BCUT2D eigenvalue weighted by atomic mass is 15.1. The van der Waals surface area contributed by atoms with E-state index in [9.17, 15) is 0 Å². The lowest BCUT2D eigenvalue weighted by atomic mass is 9.83. The summed E-state index contributed by atoms with van der Waals surface area (Å²) >= 11 is 0. The quantitative estimate of drug-likeness (QED) is 0.817. The minimum atomic E-state index is 0.235. The van der Waals surface area contributed by atoms with E-state index in [0.717, 1.165) is 24.9 Å². The predicted octanol–water partition coefficient (Wildman–Crippen LogP) is 3.26. The molecule has 0 amide bonds. The molecule has 17 heavy (non-hydrogen) atoms. The van der Waals surface area contributed by atoms with Gasteiger partial charge in [0.15, 0.2) is 0 Å². The van der Waals surface area contributed by atoms with Crippen LogP contribution < -0.4 is 5.73 Å². The highest BCUT2D eigenvalue weighted by Gasteiger charge is 2.26. The van der Waals surface area contributed by atoms with E-state index in [0.29, 0.717) is 6.04 Å². The first kappa shape index (κ1) is 15.0. The van der Waals surface area contributed by atoms with Crippen LogP contribution in [-0.4, -0.2) is 30.6 Å². The van der Waals surface area contributed by atoms with Gasteiger partial charge >= 0.3 is 0 Å². The van der Waals surface area contributed by atoms with E-state index in [2.05, 4.69) is 39.6 Å². The number of hydrogen-bond acceptors (Lipinski definition) is 2. The fourth-order valence-corrected chi connectivity index (χ4v) is 2.89.